The molecule has 0 radical (unpaired) electrons. The van der Waals surface area contributed by atoms with E-state index < -0.39 is 0 Å². The maximum absolute atomic E-state index is 12.4. The van der Waals surface area contributed by atoms with Crippen molar-refractivity contribution in [2.24, 2.45) is 5.92 Å². The molecule has 3 aromatic rings. The Kier molecular flexibility index (Phi) is 5.39. The van der Waals surface area contributed by atoms with Gasteiger partial charge in [-0.2, -0.15) is 0 Å². The standard InChI is InChI=1S/C20H22ClN3O/c1-14(2)11-12-24-18-10-6-5-9-17(18)23-19(24)13-22-20(25)15-7-3-4-8-16(15)21/h3-10,14H,11-13H2,1-2H3,(H,22,25). The van der Waals surface area contributed by atoms with Crippen molar-refractivity contribution in [3.63, 3.8) is 0 Å². The summed E-state index contributed by atoms with van der Waals surface area (Å²) in [6, 6.07) is 15.1. The number of rotatable bonds is 6. The second-order valence-electron chi connectivity index (χ2n) is 6.51. The van der Waals surface area contributed by atoms with E-state index >= 15 is 0 Å². The van der Waals surface area contributed by atoms with Crippen molar-refractivity contribution < 1.29 is 4.79 Å². The molecule has 0 fully saturated rings. The number of benzene rings is 2. The lowest BCUT2D eigenvalue weighted by Gasteiger charge is -2.12. The Morgan fingerprint density at radius 3 is 2.64 bits per heavy atom. The molecule has 5 heteroatoms. The number of para-hydroxylation sites is 2. The Bertz CT molecular complexity index is 886. The third kappa shape index (κ3) is 4.02. The van der Waals surface area contributed by atoms with Crippen LogP contribution in [-0.2, 0) is 13.1 Å². The molecule has 0 aliphatic carbocycles. The predicted molar refractivity (Wildman–Crippen MR) is 102 cm³/mol. The van der Waals surface area contributed by atoms with Crippen LogP contribution in [-0.4, -0.2) is 15.5 Å². The second kappa shape index (κ2) is 7.70. The highest BCUT2D eigenvalue weighted by Gasteiger charge is 2.14. The maximum atomic E-state index is 12.4. The lowest BCUT2D eigenvalue weighted by atomic mass is 10.1. The summed E-state index contributed by atoms with van der Waals surface area (Å²) in [7, 11) is 0. The first-order valence-electron chi connectivity index (χ1n) is 8.53. The van der Waals surface area contributed by atoms with E-state index in [1.807, 2.05) is 24.3 Å². The first-order valence-corrected chi connectivity index (χ1v) is 8.91. The van der Waals surface area contributed by atoms with Gasteiger partial charge in [0, 0.05) is 6.54 Å². The third-order valence-corrected chi connectivity index (χ3v) is 4.52. The summed E-state index contributed by atoms with van der Waals surface area (Å²) in [6.07, 6.45) is 1.06. The Hall–Kier alpha value is -2.33. The van der Waals surface area contributed by atoms with Gasteiger partial charge < -0.3 is 9.88 Å². The highest BCUT2D eigenvalue weighted by Crippen LogP contribution is 2.19. The quantitative estimate of drug-likeness (QED) is 0.698. The fourth-order valence-corrected chi connectivity index (χ4v) is 3.02. The van der Waals surface area contributed by atoms with Gasteiger partial charge >= 0.3 is 0 Å². The molecular weight excluding hydrogens is 334 g/mol. The fraction of sp³-hybridized carbons (Fsp3) is 0.300. The van der Waals surface area contributed by atoms with Gasteiger partial charge in [0.1, 0.15) is 5.82 Å². The number of carbonyl (C=O) groups excluding carboxylic acids is 1. The van der Waals surface area contributed by atoms with Crippen LogP contribution in [0.1, 0.15) is 36.5 Å². The lowest BCUT2D eigenvalue weighted by Crippen LogP contribution is -2.25. The molecule has 1 N–H and O–H groups in total. The normalized spacial score (nSPS) is 11.2. The summed E-state index contributed by atoms with van der Waals surface area (Å²) < 4.78 is 2.20. The largest absolute Gasteiger partial charge is 0.345 e. The molecule has 1 heterocycles. The van der Waals surface area contributed by atoms with Crippen LogP contribution < -0.4 is 5.32 Å². The van der Waals surface area contributed by atoms with Crippen molar-refractivity contribution >= 4 is 28.5 Å². The Morgan fingerprint density at radius 2 is 1.88 bits per heavy atom. The number of aromatic nitrogens is 2. The molecule has 0 saturated heterocycles. The van der Waals surface area contributed by atoms with Gasteiger partial charge in [-0.3, -0.25) is 4.79 Å². The number of carbonyl (C=O) groups is 1. The summed E-state index contributed by atoms with van der Waals surface area (Å²) >= 11 is 6.10. The van der Waals surface area contributed by atoms with E-state index in [0.29, 0.717) is 23.0 Å². The average molecular weight is 356 g/mol. The molecule has 1 aromatic heterocycles. The molecule has 25 heavy (non-hydrogen) atoms. The number of halogens is 1. The summed E-state index contributed by atoms with van der Waals surface area (Å²) in [6.45, 7) is 5.67. The van der Waals surface area contributed by atoms with Crippen molar-refractivity contribution in [1.82, 2.24) is 14.9 Å². The van der Waals surface area contributed by atoms with Crippen LogP contribution >= 0.6 is 11.6 Å². The SMILES string of the molecule is CC(C)CCn1c(CNC(=O)c2ccccc2Cl)nc2ccccc21. The maximum Gasteiger partial charge on any atom is 0.253 e. The zero-order valence-electron chi connectivity index (χ0n) is 14.5. The minimum atomic E-state index is -0.187. The number of hydrogen-bond donors (Lipinski definition) is 1. The van der Waals surface area contributed by atoms with E-state index in [1.54, 1.807) is 18.2 Å². The Labute approximate surface area is 152 Å². The van der Waals surface area contributed by atoms with E-state index in [4.69, 9.17) is 16.6 Å². The van der Waals surface area contributed by atoms with Crippen molar-refractivity contribution in [1.29, 1.82) is 0 Å². The van der Waals surface area contributed by atoms with Crippen molar-refractivity contribution in [2.75, 3.05) is 0 Å². The zero-order chi connectivity index (χ0) is 17.8. The van der Waals surface area contributed by atoms with Crippen LogP contribution in [0.5, 0.6) is 0 Å². The molecular formula is C20H22ClN3O. The highest BCUT2D eigenvalue weighted by atomic mass is 35.5. The monoisotopic (exact) mass is 355 g/mol. The third-order valence-electron chi connectivity index (χ3n) is 4.19. The molecule has 0 saturated carbocycles. The van der Waals surface area contributed by atoms with Crippen molar-refractivity contribution in [3.8, 4) is 0 Å². The van der Waals surface area contributed by atoms with Crippen LogP contribution in [0, 0.1) is 5.92 Å². The number of hydrogen-bond acceptors (Lipinski definition) is 2. The van der Waals surface area contributed by atoms with Crippen molar-refractivity contribution in [3.05, 3.63) is 64.9 Å². The molecule has 0 spiro atoms. The number of amides is 1. The minimum Gasteiger partial charge on any atom is -0.345 e. The minimum absolute atomic E-state index is 0.187. The first-order chi connectivity index (χ1) is 12.1. The first kappa shape index (κ1) is 17.5. The Balaban J connectivity index is 1.82. The predicted octanol–water partition coefficient (Wildman–Crippen LogP) is 4.67. The zero-order valence-corrected chi connectivity index (χ0v) is 15.3. The van der Waals surface area contributed by atoms with Crippen LogP contribution in [0.4, 0.5) is 0 Å². The van der Waals surface area contributed by atoms with E-state index in [0.717, 1.165) is 29.8 Å². The smallest absolute Gasteiger partial charge is 0.253 e. The van der Waals surface area contributed by atoms with Gasteiger partial charge in [0.15, 0.2) is 0 Å². The van der Waals surface area contributed by atoms with E-state index in [1.165, 1.54) is 0 Å². The fourth-order valence-electron chi connectivity index (χ4n) is 2.80. The summed E-state index contributed by atoms with van der Waals surface area (Å²) in [5.74, 6) is 1.28. The average Bonchev–Trinajstić information content (AvgIpc) is 2.95. The topological polar surface area (TPSA) is 46.9 Å². The number of nitrogens with zero attached hydrogens (tertiary/aromatic N) is 2. The molecule has 0 aliphatic heterocycles. The number of fused-ring (bicyclic) bond motifs is 1. The van der Waals surface area contributed by atoms with Gasteiger partial charge in [-0.15, -0.1) is 0 Å². The molecule has 0 atom stereocenters. The van der Waals surface area contributed by atoms with Gasteiger partial charge in [-0.05, 0) is 36.6 Å². The summed E-state index contributed by atoms with van der Waals surface area (Å²) in [5, 5.41) is 3.39. The highest BCUT2D eigenvalue weighted by molar-refractivity contribution is 6.33. The Morgan fingerprint density at radius 1 is 1.16 bits per heavy atom. The van der Waals surface area contributed by atoms with E-state index in [-0.39, 0.29) is 5.91 Å². The van der Waals surface area contributed by atoms with Crippen LogP contribution in [0.3, 0.4) is 0 Å². The van der Waals surface area contributed by atoms with Gasteiger partial charge in [-0.1, -0.05) is 49.7 Å². The molecule has 0 aliphatic rings. The molecule has 3 rings (SSSR count). The number of imidazole rings is 1. The molecule has 4 nitrogen and oxygen atoms in total. The second-order valence-corrected chi connectivity index (χ2v) is 6.92. The molecule has 130 valence electrons. The van der Waals surface area contributed by atoms with Gasteiger partial charge in [0.25, 0.3) is 5.91 Å². The lowest BCUT2D eigenvalue weighted by molar-refractivity contribution is 0.0949. The number of aryl methyl sites for hydroxylation is 1. The van der Waals surface area contributed by atoms with E-state index in [9.17, 15) is 4.79 Å². The molecule has 0 bridgehead atoms. The molecule has 2 aromatic carbocycles. The summed E-state index contributed by atoms with van der Waals surface area (Å²) in [5.41, 5.74) is 2.53. The van der Waals surface area contributed by atoms with Crippen LogP contribution in [0.25, 0.3) is 11.0 Å². The van der Waals surface area contributed by atoms with Crippen LogP contribution in [0.2, 0.25) is 5.02 Å². The number of nitrogens with one attached hydrogen (secondary N) is 1. The molecule has 1 amide bonds. The molecule has 0 unspecified atom stereocenters. The van der Waals surface area contributed by atoms with Gasteiger partial charge in [0.2, 0.25) is 0 Å². The van der Waals surface area contributed by atoms with Gasteiger partial charge in [0.05, 0.1) is 28.2 Å². The van der Waals surface area contributed by atoms with Gasteiger partial charge in [-0.25, -0.2) is 4.98 Å². The van der Waals surface area contributed by atoms with E-state index in [2.05, 4.69) is 29.8 Å². The van der Waals surface area contributed by atoms with Crippen LogP contribution in [0.15, 0.2) is 48.5 Å². The van der Waals surface area contributed by atoms with Crippen molar-refractivity contribution in [2.45, 2.75) is 33.4 Å². The summed E-state index contributed by atoms with van der Waals surface area (Å²) in [4.78, 5) is 17.1.